The van der Waals surface area contributed by atoms with Crippen molar-refractivity contribution in [2.24, 2.45) is 0 Å². The second-order valence-corrected chi connectivity index (χ2v) is 12.8. The number of phenolic OH excluding ortho intramolecular Hbond substituents is 2. The van der Waals surface area contributed by atoms with Crippen LogP contribution in [0.1, 0.15) is 0 Å². The average molecular weight is 678 g/mol. The van der Waals surface area contributed by atoms with Crippen molar-refractivity contribution >= 4 is 94.4 Å². The number of rotatable bonds is 4. The van der Waals surface area contributed by atoms with Gasteiger partial charge in [0.1, 0.15) is 62.8 Å². The average Bonchev–Trinajstić information content (AvgIpc) is 3.81. The summed E-state index contributed by atoms with van der Waals surface area (Å²) >= 11 is 0. The molecule has 0 bridgehead atoms. The Morgan fingerprint density at radius 1 is 0.547 bits per heavy atom. The van der Waals surface area contributed by atoms with Gasteiger partial charge in [-0.3, -0.25) is 0 Å². The summed E-state index contributed by atoms with van der Waals surface area (Å²) in [5.41, 5.74) is 4.25. The van der Waals surface area contributed by atoms with Gasteiger partial charge in [-0.2, -0.15) is 4.80 Å². The van der Waals surface area contributed by atoms with E-state index in [1.54, 1.807) is 4.80 Å². The third kappa shape index (κ3) is 4.72. The fourth-order valence-corrected chi connectivity index (χ4v) is 7.02. The van der Waals surface area contributed by atoms with E-state index >= 15 is 0 Å². The number of furan rings is 1. The van der Waals surface area contributed by atoms with E-state index in [4.69, 9.17) is 53.1 Å². The summed E-state index contributed by atoms with van der Waals surface area (Å²) in [7, 11) is 18.3. The SMILES string of the molecule is [B]c1c([B])c(O)c(-c2nc(-c3ccc4ccc5ccc6nn(-c7ccccc7)nc6c5c4c3)nc(-c3cccc4oc5ccccc5c34)n2)c(O)c1[B]. The highest BCUT2D eigenvalue weighted by Crippen LogP contribution is 2.39. The maximum absolute atomic E-state index is 11.2. The van der Waals surface area contributed by atoms with Crippen molar-refractivity contribution in [2.75, 3.05) is 0 Å². The Balaban J connectivity index is 1.25. The normalized spacial score (nSPS) is 11.8. The van der Waals surface area contributed by atoms with E-state index in [1.807, 2.05) is 103 Å². The number of phenols is 2. The molecule has 0 unspecified atom stereocenters. The second-order valence-electron chi connectivity index (χ2n) is 12.8. The lowest BCUT2D eigenvalue weighted by Gasteiger charge is -2.17. The minimum absolute atomic E-state index is 0.0607. The van der Waals surface area contributed by atoms with Gasteiger partial charge in [-0.25, -0.2) is 15.0 Å². The molecule has 3 aromatic heterocycles. The van der Waals surface area contributed by atoms with Crippen LogP contribution in [0.15, 0.2) is 120 Å². The molecule has 9 nitrogen and oxygen atoms in total. The Morgan fingerprint density at radius 2 is 1.23 bits per heavy atom. The van der Waals surface area contributed by atoms with Crippen LogP contribution in [0.5, 0.6) is 11.5 Å². The van der Waals surface area contributed by atoms with Gasteiger partial charge in [-0.15, -0.1) is 15.7 Å². The predicted molar refractivity (Wildman–Crippen MR) is 210 cm³/mol. The smallest absolute Gasteiger partial charge is 0.171 e. The molecule has 0 amide bonds. The molecule has 7 aromatic carbocycles. The highest BCUT2D eigenvalue weighted by atomic mass is 16.3. The maximum atomic E-state index is 11.2. The quantitative estimate of drug-likeness (QED) is 0.182. The van der Waals surface area contributed by atoms with Crippen LogP contribution in [0, 0.1) is 0 Å². The van der Waals surface area contributed by atoms with Crippen LogP contribution in [-0.4, -0.2) is 63.7 Å². The lowest BCUT2D eigenvalue weighted by atomic mass is 9.70. The van der Waals surface area contributed by atoms with E-state index in [1.165, 1.54) is 0 Å². The fraction of sp³-hybridized carbons (Fsp3) is 0. The standard InChI is InChI=1S/C41H21B3N6O3/c42-33-34(43)37(51)32(38(52)35(33)44)41-46-39(45-40(47-41)25-10-6-12-29-31(25)24-9-4-5-11-28(24)53-29)22-16-14-20-13-15-21-17-18-27-36(30(21)26(20)19-22)49-50(48-27)23-7-2-1-3-8-23/h1-19,51-52H. The summed E-state index contributed by atoms with van der Waals surface area (Å²) in [4.78, 5) is 16.2. The summed E-state index contributed by atoms with van der Waals surface area (Å²) < 4.78 is 6.17. The van der Waals surface area contributed by atoms with Gasteiger partial charge in [0.2, 0.25) is 0 Å². The van der Waals surface area contributed by atoms with Crippen molar-refractivity contribution in [1.82, 2.24) is 29.9 Å². The zero-order chi connectivity index (χ0) is 36.0. The van der Waals surface area contributed by atoms with Gasteiger partial charge in [0.15, 0.2) is 17.5 Å². The van der Waals surface area contributed by atoms with Crippen LogP contribution in [0.25, 0.3) is 94.4 Å². The zero-order valence-electron chi connectivity index (χ0n) is 27.7. The summed E-state index contributed by atoms with van der Waals surface area (Å²) in [6.45, 7) is 0. The van der Waals surface area contributed by atoms with Crippen molar-refractivity contribution in [3.63, 3.8) is 0 Å². The maximum Gasteiger partial charge on any atom is 0.171 e. The molecule has 0 aliphatic heterocycles. The van der Waals surface area contributed by atoms with Gasteiger partial charge in [0.25, 0.3) is 0 Å². The Morgan fingerprint density at radius 3 is 2.06 bits per heavy atom. The molecule has 2 N–H and O–H groups in total. The lowest BCUT2D eigenvalue weighted by molar-refractivity contribution is 0.459. The summed E-state index contributed by atoms with van der Waals surface area (Å²) in [5.74, 6) is -0.535. The number of benzene rings is 7. The highest BCUT2D eigenvalue weighted by molar-refractivity contribution is 6.59. The molecule has 0 saturated carbocycles. The third-order valence-electron chi connectivity index (χ3n) is 9.66. The van der Waals surface area contributed by atoms with E-state index < -0.39 is 11.5 Å². The lowest BCUT2D eigenvalue weighted by Crippen LogP contribution is -2.39. The molecule has 3 heterocycles. The van der Waals surface area contributed by atoms with Gasteiger partial charge in [0.05, 0.1) is 5.69 Å². The first kappa shape index (κ1) is 30.9. The van der Waals surface area contributed by atoms with Gasteiger partial charge < -0.3 is 14.6 Å². The largest absolute Gasteiger partial charge is 0.508 e. The van der Waals surface area contributed by atoms with E-state index in [0.717, 1.165) is 49.0 Å². The van der Waals surface area contributed by atoms with Crippen molar-refractivity contribution in [2.45, 2.75) is 0 Å². The minimum Gasteiger partial charge on any atom is -0.508 e. The number of nitrogens with zero attached hydrogens (tertiary/aromatic N) is 6. The molecule has 10 rings (SSSR count). The molecule has 12 heteroatoms. The topological polar surface area (TPSA) is 123 Å². The molecular formula is C41H21B3N6O3. The van der Waals surface area contributed by atoms with Gasteiger partial charge in [-0.1, -0.05) is 89.8 Å². The van der Waals surface area contributed by atoms with Crippen LogP contribution in [0.3, 0.4) is 0 Å². The Kier molecular flexibility index (Phi) is 6.72. The predicted octanol–water partition coefficient (Wildman–Crippen LogP) is 5.60. The Hall–Kier alpha value is -6.94. The molecule has 0 aliphatic rings. The molecule has 242 valence electrons. The van der Waals surface area contributed by atoms with Crippen molar-refractivity contribution in [1.29, 1.82) is 0 Å². The number of hydrogen-bond donors (Lipinski definition) is 2. The molecule has 0 fully saturated rings. The van der Waals surface area contributed by atoms with Crippen LogP contribution < -0.4 is 16.4 Å². The first-order chi connectivity index (χ1) is 25.8. The van der Waals surface area contributed by atoms with Gasteiger partial charge in [0, 0.05) is 27.3 Å². The molecule has 0 atom stereocenters. The first-order valence-electron chi connectivity index (χ1n) is 16.7. The summed E-state index contributed by atoms with van der Waals surface area (Å²) in [6, 6.07) is 37.1. The molecule has 0 saturated heterocycles. The van der Waals surface area contributed by atoms with E-state index in [9.17, 15) is 10.2 Å². The number of aromatic hydroxyl groups is 2. The summed E-state index contributed by atoms with van der Waals surface area (Å²) in [6.07, 6.45) is 0. The number of hydrogen-bond acceptors (Lipinski definition) is 8. The monoisotopic (exact) mass is 678 g/mol. The van der Waals surface area contributed by atoms with Crippen molar-refractivity contribution < 1.29 is 14.6 Å². The molecular weight excluding hydrogens is 657 g/mol. The molecule has 53 heavy (non-hydrogen) atoms. The van der Waals surface area contributed by atoms with E-state index in [0.29, 0.717) is 22.3 Å². The van der Waals surface area contributed by atoms with Crippen LogP contribution in [-0.2, 0) is 0 Å². The van der Waals surface area contributed by atoms with Crippen LogP contribution >= 0.6 is 0 Å². The Bertz CT molecular complexity index is 3120. The number of fused-ring (bicyclic) bond motifs is 8. The first-order valence-corrected chi connectivity index (χ1v) is 16.7. The van der Waals surface area contributed by atoms with Crippen molar-refractivity contribution in [3.8, 4) is 51.3 Å². The van der Waals surface area contributed by atoms with Crippen molar-refractivity contribution in [3.05, 3.63) is 115 Å². The molecule has 6 radical (unpaired) electrons. The third-order valence-corrected chi connectivity index (χ3v) is 9.66. The molecule has 10 aromatic rings. The van der Waals surface area contributed by atoms with Gasteiger partial charge >= 0.3 is 0 Å². The number of para-hydroxylation sites is 2. The Labute approximate surface area is 304 Å². The fourth-order valence-electron chi connectivity index (χ4n) is 7.02. The zero-order valence-corrected chi connectivity index (χ0v) is 27.7. The van der Waals surface area contributed by atoms with Crippen LogP contribution in [0.4, 0.5) is 0 Å². The van der Waals surface area contributed by atoms with E-state index in [-0.39, 0.29) is 39.4 Å². The van der Waals surface area contributed by atoms with E-state index in [2.05, 4.69) is 12.1 Å². The minimum atomic E-state index is -0.502. The van der Waals surface area contributed by atoms with Crippen LogP contribution in [0.2, 0.25) is 0 Å². The molecule has 0 spiro atoms. The number of aromatic nitrogens is 6. The highest BCUT2D eigenvalue weighted by Gasteiger charge is 2.24. The molecule has 0 aliphatic carbocycles. The second kappa shape index (κ2) is 11.5. The van der Waals surface area contributed by atoms with Gasteiger partial charge in [-0.05, 0) is 52.6 Å². The summed E-state index contributed by atoms with van der Waals surface area (Å²) in [5, 5.41) is 37.6.